The van der Waals surface area contributed by atoms with Crippen LogP contribution in [0.15, 0.2) is 18.2 Å². The van der Waals surface area contributed by atoms with E-state index in [9.17, 15) is 0 Å². The van der Waals surface area contributed by atoms with Crippen molar-refractivity contribution >= 4 is 11.8 Å². The van der Waals surface area contributed by atoms with Crippen LogP contribution in [-0.2, 0) is 6.42 Å². The molecule has 0 saturated heterocycles. The van der Waals surface area contributed by atoms with E-state index in [0.29, 0.717) is 0 Å². The zero-order chi connectivity index (χ0) is 11.3. The summed E-state index contributed by atoms with van der Waals surface area (Å²) < 4.78 is 0. The molecule has 0 aromatic heterocycles. The van der Waals surface area contributed by atoms with Crippen LogP contribution in [0.1, 0.15) is 23.6 Å². The van der Waals surface area contributed by atoms with Gasteiger partial charge in [0.2, 0.25) is 0 Å². The Kier molecular flexibility index (Phi) is 5.20. The van der Waals surface area contributed by atoms with E-state index >= 15 is 0 Å². The van der Waals surface area contributed by atoms with E-state index in [0.717, 1.165) is 17.9 Å². The van der Waals surface area contributed by atoms with E-state index in [4.69, 9.17) is 5.73 Å². The molecule has 1 unspecified atom stereocenters. The molecule has 1 aromatic rings. The zero-order valence-corrected chi connectivity index (χ0v) is 10.7. The van der Waals surface area contributed by atoms with Gasteiger partial charge in [-0.25, -0.2) is 0 Å². The van der Waals surface area contributed by atoms with Crippen molar-refractivity contribution in [3.05, 3.63) is 34.9 Å². The minimum Gasteiger partial charge on any atom is -0.327 e. The van der Waals surface area contributed by atoms with Crippen LogP contribution in [0.3, 0.4) is 0 Å². The van der Waals surface area contributed by atoms with Crippen molar-refractivity contribution in [1.29, 1.82) is 0 Å². The third-order valence-corrected chi connectivity index (χ3v) is 3.68. The first-order valence-corrected chi connectivity index (χ1v) is 6.68. The van der Waals surface area contributed by atoms with Crippen LogP contribution in [0, 0.1) is 13.8 Å². The maximum absolute atomic E-state index is 6.06. The molecule has 1 nitrogen and oxygen atoms in total. The van der Waals surface area contributed by atoms with Gasteiger partial charge in [0.25, 0.3) is 0 Å². The first kappa shape index (κ1) is 12.6. The van der Waals surface area contributed by atoms with Gasteiger partial charge in [0.05, 0.1) is 0 Å². The van der Waals surface area contributed by atoms with E-state index in [-0.39, 0.29) is 6.04 Å². The smallest absolute Gasteiger partial charge is 0.0171 e. The molecular weight excluding hydrogens is 202 g/mol. The van der Waals surface area contributed by atoms with E-state index in [1.54, 1.807) is 0 Å². The third-order valence-electron chi connectivity index (χ3n) is 2.61. The Labute approximate surface area is 97.4 Å². The predicted molar refractivity (Wildman–Crippen MR) is 70.6 cm³/mol. The fourth-order valence-corrected chi connectivity index (χ4v) is 2.22. The van der Waals surface area contributed by atoms with Crippen LogP contribution in [-0.4, -0.2) is 17.5 Å². The second-order valence-corrected chi connectivity index (χ2v) is 5.36. The van der Waals surface area contributed by atoms with Crippen LogP contribution in [0.5, 0.6) is 0 Å². The van der Waals surface area contributed by atoms with Crippen molar-refractivity contribution in [3.8, 4) is 0 Å². The first-order chi connectivity index (χ1) is 7.13. The molecule has 0 heterocycles. The summed E-state index contributed by atoms with van der Waals surface area (Å²) in [6.45, 7) is 6.48. The molecule has 0 saturated carbocycles. The average Bonchev–Trinajstić information content (AvgIpc) is 2.20. The second-order valence-electron chi connectivity index (χ2n) is 4.04. The van der Waals surface area contributed by atoms with Crippen LogP contribution in [0.2, 0.25) is 0 Å². The van der Waals surface area contributed by atoms with Gasteiger partial charge in [-0.3, -0.25) is 0 Å². The highest BCUT2D eigenvalue weighted by Crippen LogP contribution is 2.12. The molecule has 1 atom stereocenters. The maximum Gasteiger partial charge on any atom is 0.0171 e. The molecule has 84 valence electrons. The average molecular weight is 223 g/mol. The molecule has 1 rings (SSSR count). The Bertz CT molecular complexity index is 309. The molecule has 0 bridgehead atoms. The molecule has 0 aliphatic heterocycles. The number of rotatable bonds is 5. The number of nitrogens with two attached hydrogens (primary N) is 1. The molecular formula is C13H21NS. The number of thioether (sulfide) groups is 1. The minimum absolute atomic E-state index is 0.289. The Morgan fingerprint density at radius 2 is 2.00 bits per heavy atom. The maximum atomic E-state index is 6.06. The number of hydrogen-bond acceptors (Lipinski definition) is 2. The van der Waals surface area contributed by atoms with Gasteiger partial charge in [-0.15, -0.1) is 0 Å². The molecule has 0 spiro atoms. The molecule has 0 fully saturated rings. The molecule has 2 heteroatoms. The lowest BCUT2D eigenvalue weighted by Gasteiger charge is -2.11. The molecule has 0 amide bonds. The standard InChI is InChI=1S/C13H21NS/c1-4-15-9-13(14)8-12-6-5-10(2)11(3)7-12/h5-7,13H,4,8-9,14H2,1-3H3. The highest BCUT2D eigenvalue weighted by Gasteiger charge is 2.04. The normalized spacial score (nSPS) is 12.8. The number of aryl methyl sites for hydroxylation is 2. The Balaban J connectivity index is 2.53. The van der Waals surface area contributed by atoms with Gasteiger partial charge in [-0.2, -0.15) is 11.8 Å². The van der Waals surface area contributed by atoms with Gasteiger partial charge in [-0.05, 0) is 42.7 Å². The quantitative estimate of drug-likeness (QED) is 0.830. The fraction of sp³-hybridized carbons (Fsp3) is 0.538. The van der Waals surface area contributed by atoms with Gasteiger partial charge < -0.3 is 5.73 Å². The summed E-state index contributed by atoms with van der Waals surface area (Å²) in [4.78, 5) is 0. The Morgan fingerprint density at radius 1 is 1.27 bits per heavy atom. The summed E-state index contributed by atoms with van der Waals surface area (Å²) in [5, 5.41) is 0. The summed E-state index contributed by atoms with van der Waals surface area (Å²) in [6.07, 6.45) is 0.994. The van der Waals surface area contributed by atoms with Gasteiger partial charge in [0.1, 0.15) is 0 Å². The van der Waals surface area contributed by atoms with E-state index in [1.165, 1.54) is 16.7 Å². The van der Waals surface area contributed by atoms with Crippen molar-refractivity contribution in [3.63, 3.8) is 0 Å². The van der Waals surface area contributed by atoms with Crippen LogP contribution >= 0.6 is 11.8 Å². The van der Waals surface area contributed by atoms with E-state index in [2.05, 4.69) is 39.0 Å². The summed E-state index contributed by atoms with van der Waals surface area (Å²) >= 11 is 1.92. The zero-order valence-electron chi connectivity index (χ0n) is 9.92. The first-order valence-electron chi connectivity index (χ1n) is 5.53. The van der Waals surface area contributed by atoms with Crippen molar-refractivity contribution in [2.24, 2.45) is 5.73 Å². The Morgan fingerprint density at radius 3 is 2.60 bits per heavy atom. The predicted octanol–water partition coefficient (Wildman–Crippen LogP) is 2.93. The van der Waals surface area contributed by atoms with Crippen LogP contribution in [0.25, 0.3) is 0 Å². The molecule has 1 aromatic carbocycles. The molecule has 0 aliphatic rings. The number of benzene rings is 1. The van der Waals surface area contributed by atoms with Crippen molar-refractivity contribution in [2.45, 2.75) is 33.2 Å². The summed E-state index contributed by atoms with van der Waals surface area (Å²) in [6, 6.07) is 6.92. The van der Waals surface area contributed by atoms with Gasteiger partial charge in [0.15, 0.2) is 0 Å². The van der Waals surface area contributed by atoms with Crippen molar-refractivity contribution < 1.29 is 0 Å². The largest absolute Gasteiger partial charge is 0.327 e. The summed E-state index contributed by atoms with van der Waals surface area (Å²) in [5.41, 5.74) is 10.1. The lowest BCUT2D eigenvalue weighted by atomic mass is 10.0. The molecule has 0 radical (unpaired) electrons. The fourth-order valence-electron chi connectivity index (χ4n) is 1.56. The SMILES string of the molecule is CCSCC(N)Cc1ccc(C)c(C)c1. The lowest BCUT2D eigenvalue weighted by molar-refractivity contribution is 0.748. The second kappa shape index (κ2) is 6.19. The highest BCUT2D eigenvalue weighted by molar-refractivity contribution is 7.99. The van der Waals surface area contributed by atoms with Crippen LogP contribution < -0.4 is 5.73 Å². The minimum atomic E-state index is 0.289. The Hall–Kier alpha value is -0.470. The van der Waals surface area contributed by atoms with Gasteiger partial charge >= 0.3 is 0 Å². The molecule has 2 N–H and O–H groups in total. The van der Waals surface area contributed by atoms with Crippen molar-refractivity contribution in [2.75, 3.05) is 11.5 Å². The van der Waals surface area contributed by atoms with Gasteiger partial charge in [0, 0.05) is 11.8 Å². The summed E-state index contributed by atoms with van der Waals surface area (Å²) in [5.74, 6) is 2.21. The van der Waals surface area contributed by atoms with Crippen molar-refractivity contribution in [1.82, 2.24) is 0 Å². The molecule has 15 heavy (non-hydrogen) atoms. The topological polar surface area (TPSA) is 26.0 Å². The highest BCUT2D eigenvalue weighted by atomic mass is 32.2. The lowest BCUT2D eigenvalue weighted by Crippen LogP contribution is -2.25. The van der Waals surface area contributed by atoms with Gasteiger partial charge in [-0.1, -0.05) is 25.1 Å². The monoisotopic (exact) mass is 223 g/mol. The number of hydrogen-bond donors (Lipinski definition) is 1. The third kappa shape index (κ3) is 4.27. The summed E-state index contributed by atoms with van der Waals surface area (Å²) in [7, 11) is 0. The van der Waals surface area contributed by atoms with E-state index < -0.39 is 0 Å². The molecule has 0 aliphatic carbocycles. The van der Waals surface area contributed by atoms with E-state index in [1.807, 2.05) is 11.8 Å². The van der Waals surface area contributed by atoms with Crippen LogP contribution in [0.4, 0.5) is 0 Å².